The second-order valence-corrected chi connectivity index (χ2v) is 6.45. The van der Waals surface area contributed by atoms with E-state index in [0.29, 0.717) is 6.42 Å². The number of amides is 1. The summed E-state index contributed by atoms with van der Waals surface area (Å²) in [6, 6.07) is 14.4. The molecule has 0 spiro atoms. The summed E-state index contributed by atoms with van der Waals surface area (Å²) in [6.45, 7) is 1.78. The zero-order valence-corrected chi connectivity index (χ0v) is 14.2. The lowest BCUT2D eigenvalue weighted by molar-refractivity contribution is -0.129. The summed E-state index contributed by atoms with van der Waals surface area (Å²) in [5, 5.41) is 3.36. The van der Waals surface area contributed by atoms with Crippen LogP contribution in [0.15, 0.2) is 47.8 Å². The standard InChI is InChI=1S/C18H24N2OS/c1-19(13-7-14-20(2)18-10-6-15-22-18)17(21)12-11-16-8-4-3-5-9-16/h3-6,8-10,15H,7,11-14H2,1-2H3. The molecule has 0 unspecified atom stereocenters. The zero-order chi connectivity index (χ0) is 15.8. The molecular formula is C18H24N2OS. The van der Waals surface area contributed by atoms with Crippen molar-refractivity contribution in [3.8, 4) is 0 Å². The van der Waals surface area contributed by atoms with Crippen molar-refractivity contribution in [2.75, 3.05) is 32.1 Å². The van der Waals surface area contributed by atoms with Gasteiger partial charge >= 0.3 is 0 Å². The third kappa shape index (κ3) is 5.19. The summed E-state index contributed by atoms with van der Waals surface area (Å²) >= 11 is 1.75. The van der Waals surface area contributed by atoms with Crippen molar-refractivity contribution in [3.63, 3.8) is 0 Å². The molecule has 2 aromatic rings. The molecule has 0 aliphatic heterocycles. The number of hydrogen-bond acceptors (Lipinski definition) is 3. The molecule has 3 nitrogen and oxygen atoms in total. The van der Waals surface area contributed by atoms with Crippen LogP contribution in [0.1, 0.15) is 18.4 Å². The average Bonchev–Trinajstić information content (AvgIpc) is 3.08. The van der Waals surface area contributed by atoms with Gasteiger partial charge in [0.25, 0.3) is 0 Å². The zero-order valence-electron chi connectivity index (χ0n) is 13.4. The Hall–Kier alpha value is -1.81. The van der Waals surface area contributed by atoms with E-state index in [1.807, 2.05) is 30.1 Å². The normalized spacial score (nSPS) is 10.5. The predicted octanol–water partition coefficient (Wildman–Crippen LogP) is 3.67. The number of hydrogen-bond donors (Lipinski definition) is 0. The molecule has 0 atom stereocenters. The highest BCUT2D eigenvalue weighted by atomic mass is 32.1. The lowest BCUT2D eigenvalue weighted by Crippen LogP contribution is -2.30. The van der Waals surface area contributed by atoms with Gasteiger partial charge in [0.1, 0.15) is 0 Å². The third-order valence-corrected chi connectivity index (χ3v) is 4.75. The van der Waals surface area contributed by atoms with Gasteiger partial charge in [-0.2, -0.15) is 0 Å². The van der Waals surface area contributed by atoms with E-state index >= 15 is 0 Å². The molecule has 2 rings (SSSR count). The molecule has 0 bridgehead atoms. The summed E-state index contributed by atoms with van der Waals surface area (Å²) in [6.07, 6.45) is 2.39. The number of carbonyl (C=O) groups excluding carboxylic acids is 1. The summed E-state index contributed by atoms with van der Waals surface area (Å²) < 4.78 is 0. The number of nitrogens with zero attached hydrogens (tertiary/aromatic N) is 2. The maximum absolute atomic E-state index is 12.1. The minimum atomic E-state index is 0.225. The monoisotopic (exact) mass is 316 g/mol. The van der Waals surface area contributed by atoms with E-state index in [1.54, 1.807) is 11.3 Å². The number of aryl methyl sites for hydroxylation is 1. The van der Waals surface area contributed by atoms with Gasteiger partial charge in [0, 0.05) is 33.6 Å². The Kier molecular flexibility index (Phi) is 6.46. The van der Waals surface area contributed by atoms with E-state index in [2.05, 4.69) is 41.6 Å². The molecule has 0 N–H and O–H groups in total. The average molecular weight is 316 g/mol. The van der Waals surface area contributed by atoms with Crippen molar-refractivity contribution in [1.82, 2.24) is 4.90 Å². The van der Waals surface area contributed by atoms with E-state index in [0.717, 1.165) is 25.9 Å². The maximum atomic E-state index is 12.1. The minimum absolute atomic E-state index is 0.225. The van der Waals surface area contributed by atoms with E-state index < -0.39 is 0 Å². The minimum Gasteiger partial charge on any atom is -0.366 e. The molecule has 22 heavy (non-hydrogen) atoms. The Labute approximate surface area is 137 Å². The summed E-state index contributed by atoms with van der Waals surface area (Å²) in [7, 11) is 4.00. The molecule has 4 heteroatoms. The molecule has 118 valence electrons. The van der Waals surface area contributed by atoms with Crippen molar-refractivity contribution in [2.45, 2.75) is 19.3 Å². The van der Waals surface area contributed by atoms with Crippen molar-refractivity contribution in [1.29, 1.82) is 0 Å². The first kappa shape index (κ1) is 16.6. The van der Waals surface area contributed by atoms with Crippen LogP contribution in [0.25, 0.3) is 0 Å². The quantitative estimate of drug-likeness (QED) is 0.742. The molecule has 1 aromatic heterocycles. The van der Waals surface area contributed by atoms with Gasteiger partial charge < -0.3 is 9.80 Å². The molecule has 0 aliphatic rings. The largest absolute Gasteiger partial charge is 0.366 e. The molecule has 1 amide bonds. The van der Waals surface area contributed by atoms with Gasteiger partial charge in [-0.05, 0) is 35.9 Å². The van der Waals surface area contributed by atoms with Crippen molar-refractivity contribution in [3.05, 3.63) is 53.4 Å². The fourth-order valence-electron chi connectivity index (χ4n) is 2.35. The van der Waals surface area contributed by atoms with Gasteiger partial charge in [0.2, 0.25) is 5.91 Å². The van der Waals surface area contributed by atoms with E-state index in [9.17, 15) is 4.79 Å². The first-order valence-corrected chi connectivity index (χ1v) is 8.57. The van der Waals surface area contributed by atoms with Gasteiger partial charge in [-0.15, -0.1) is 11.3 Å². The van der Waals surface area contributed by atoms with Crippen LogP contribution in [0, 0.1) is 0 Å². The predicted molar refractivity (Wildman–Crippen MR) is 94.6 cm³/mol. The Morgan fingerprint density at radius 2 is 1.82 bits per heavy atom. The highest BCUT2D eigenvalue weighted by molar-refractivity contribution is 7.14. The summed E-state index contributed by atoms with van der Waals surface area (Å²) in [5.41, 5.74) is 1.22. The third-order valence-electron chi connectivity index (χ3n) is 3.77. The SMILES string of the molecule is CN(CCCN(C)c1cccs1)C(=O)CCc1ccccc1. The molecule has 1 aromatic carbocycles. The van der Waals surface area contributed by atoms with Gasteiger partial charge in [0.15, 0.2) is 0 Å². The van der Waals surface area contributed by atoms with Crippen LogP contribution < -0.4 is 4.90 Å². The Morgan fingerprint density at radius 1 is 1.05 bits per heavy atom. The summed E-state index contributed by atoms with van der Waals surface area (Å²) in [5.74, 6) is 0.225. The van der Waals surface area contributed by atoms with Gasteiger partial charge in [-0.25, -0.2) is 0 Å². The van der Waals surface area contributed by atoms with Crippen molar-refractivity contribution in [2.24, 2.45) is 0 Å². The van der Waals surface area contributed by atoms with Crippen molar-refractivity contribution >= 4 is 22.2 Å². The molecule has 0 saturated heterocycles. The van der Waals surface area contributed by atoms with Crippen LogP contribution in [0.5, 0.6) is 0 Å². The van der Waals surface area contributed by atoms with Crippen LogP contribution in [-0.2, 0) is 11.2 Å². The molecular weight excluding hydrogens is 292 g/mol. The second-order valence-electron chi connectivity index (χ2n) is 5.53. The number of carbonyl (C=O) groups is 1. The number of benzene rings is 1. The topological polar surface area (TPSA) is 23.6 Å². The van der Waals surface area contributed by atoms with E-state index in [1.165, 1.54) is 10.6 Å². The molecule has 0 aliphatic carbocycles. The molecule has 0 radical (unpaired) electrons. The highest BCUT2D eigenvalue weighted by Crippen LogP contribution is 2.19. The van der Waals surface area contributed by atoms with Crippen molar-refractivity contribution < 1.29 is 4.79 Å². The van der Waals surface area contributed by atoms with E-state index in [4.69, 9.17) is 0 Å². The first-order chi connectivity index (χ1) is 10.7. The van der Waals surface area contributed by atoms with Gasteiger partial charge in [0.05, 0.1) is 5.00 Å². The highest BCUT2D eigenvalue weighted by Gasteiger charge is 2.09. The molecule has 1 heterocycles. The van der Waals surface area contributed by atoms with Crippen LogP contribution in [0.2, 0.25) is 0 Å². The van der Waals surface area contributed by atoms with Crippen LogP contribution >= 0.6 is 11.3 Å². The fraction of sp³-hybridized carbons (Fsp3) is 0.389. The van der Waals surface area contributed by atoms with E-state index in [-0.39, 0.29) is 5.91 Å². The first-order valence-electron chi connectivity index (χ1n) is 7.69. The summed E-state index contributed by atoms with van der Waals surface area (Å²) in [4.78, 5) is 16.2. The lowest BCUT2D eigenvalue weighted by atomic mass is 10.1. The lowest BCUT2D eigenvalue weighted by Gasteiger charge is -2.21. The molecule has 0 saturated carbocycles. The maximum Gasteiger partial charge on any atom is 0.222 e. The van der Waals surface area contributed by atoms with Gasteiger partial charge in [-0.1, -0.05) is 30.3 Å². The fourth-order valence-corrected chi connectivity index (χ4v) is 3.08. The Balaban J connectivity index is 1.66. The van der Waals surface area contributed by atoms with Crippen LogP contribution in [0.3, 0.4) is 0 Å². The number of rotatable bonds is 8. The molecule has 0 fully saturated rings. The number of anilines is 1. The van der Waals surface area contributed by atoms with Crippen LogP contribution in [-0.4, -0.2) is 38.0 Å². The Bertz CT molecular complexity index is 554. The van der Waals surface area contributed by atoms with Crippen LogP contribution in [0.4, 0.5) is 5.00 Å². The Morgan fingerprint density at radius 3 is 2.50 bits per heavy atom. The number of thiophene rings is 1. The second kappa shape index (κ2) is 8.59. The van der Waals surface area contributed by atoms with Gasteiger partial charge in [-0.3, -0.25) is 4.79 Å². The smallest absolute Gasteiger partial charge is 0.222 e.